The zero-order valence-corrected chi connectivity index (χ0v) is 14.8. The molecule has 1 heterocycles. The van der Waals surface area contributed by atoms with Crippen LogP contribution >= 0.6 is 0 Å². The molecule has 0 aliphatic carbocycles. The Balaban J connectivity index is 1.81. The lowest BCUT2D eigenvalue weighted by molar-refractivity contribution is 0.102. The number of amides is 1. The highest BCUT2D eigenvalue weighted by molar-refractivity contribution is 6.04. The van der Waals surface area contributed by atoms with E-state index in [-0.39, 0.29) is 11.3 Å². The van der Waals surface area contributed by atoms with Crippen LogP contribution in [-0.4, -0.2) is 16.0 Å². The van der Waals surface area contributed by atoms with Gasteiger partial charge in [0.1, 0.15) is 0 Å². The molecule has 1 aromatic heterocycles. The highest BCUT2D eigenvalue weighted by Crippen LogP contribution is 2.29. The molecule has 3 rings (SSSR count). The van der Waals surface area contributed by atoms with Crippen molar-refractivity contribution < 1.29 is 9.32 Å². The molecule has 128 valence electrons. The normalized spacial score (nSPS) is 11.4. The molecule has 25 heavy (non-hydrogen) atoms. The summed E-state index contributed by atoms with van der Waals surface area (Å²) in [6.45, 7) is 8.14. The van der Waals surface area contributed by atoms with Gasteiger partial charge in [0, 0.05) is 16.8 Å². The van der Waals surface area contributed by atoms with Crippen LogP contribution in [-0.2, 0) is 5.41 Å². The fourth-order valence-electron chi connectivity index (χ4n) is 2.62. The number of benzene rings is 2. The summed E-state index contributed by atoms with van der Waals surface area (Å²) in [7, 11) is 0. The molecule has 0 aliphatic rings. The molecule has 1 N–H and O–H groups in total. The van der Waals surface area contributed by atoms with E-state index in [1.165, 1.54) is 0 Å². The highest BCUT2D eigenvalue weighted by atomic mass is 16.5. The van der Waals surface area contributed by atoms with Gasteiger partial charge in [-0.2, -0.15) is 4.98 Å². The first-order chi connectivity index (χ1) is 11.8. The third kappa shape index (κ3) is 3.76. The molecule has 0 aliphatic heterocycles. The molecular weight excluding hydrogens is 314 g/mol. The molecule has 1 amide bonds. The first-order valence-electron chi connectivity index (χ1n) is 8.16. The summed E-state index contributed by atoms with van der Waals surface area (Å²) in [6.07, 6.45) is 0. The smallest absolute Gasteiger partial charge is 0.257 e. The Morgan fingerprint density at radius 2 is 1.72 bits per heavy atom. The number of rotatable bonds is 3. The van der Waals surface area contributed by atoms with Crippen molar-refractivity contribution in [3.8, 4) is 11.5 Å². The van der Waals surface area contributed by atoms with Gasteiger partial charge in [0.25, 0.3) is 11.8 Å². The maximum Gasteiger partial charge on any atom is 0.257 e. The summed E-state index contributed by atoms with van der Waals surface area (Å²) >= 11 is 0. The third-order valence-electron chi connectivity index (χ3n) is 3.90. The minimum absolute atomic E-state index is 0.0520. The molecule has 0 unspecified atom stereocenters. The van der Waals surface area contributed by atoms with Crippen LogP contribution in [0.2, 0.25) is 0 Å². The number of hydrogen-bond donors (Lipinski definition) is 1. The Hall–Kier alpha value is -2.95. The number of para-hydroxylation sites is 1. The average molecular weight is 335 g/mol. The van der Waals surface area contributed by atoms with Crippen LogP contribution in [0.1, 0.15) is 42.5 Å². The van der Waals surface area contributed by atoms with E-state index in [2.05, 4.69) is 36.2 Å². The summed E-state index contributed by atoms with van der Waals surface area (Å²) in [5.41, 5.74) is 3.23. The topological polar surface area (TPSA) is 68.0 Å². The van der Waals surface area contributed by atoms with Gasteiger partial charge in [-0.05, 0) is 48.2 Å². The lowest BCUT2D eigenvalue weighted by Gasteiger charge is -2.23. The standard InChI is InChI=1S/C20H21N3O2/c1-13-21-19(25-23-13)15-11-9-14(10-12-15)18(24)22-17-8-6-5-7-16(17)20(2,3)4/h5-12H,1-4H3,(H,22,24). The van der Waals surface area contributed by atoms with Gasteiger partial charge < -0.3 is 9.84 Å². The van der Waals surface area contributed by atoms with Gasteiger partial charge in [-0.25, -0.2) is 0 Å². The van der Waals surface area contributed by atoms with E-state index >= 15 is 0 Å². The summed E-state index contributed by atoms with van der Waals surface area (Å²) < 4.78 is 5.14. The first-order valence-corrected chi connectivity index (χ1v) is 8.16. The zero-order chi connectivity index (χ0) is 18.0. The van der Waals surface area contributed by atoms with Gasteiger partial charge in [0.15, 0.2) is 5.82 Å². The maximum absolute atomic E-state index is 12.6. The summed E-state index contributed by atoms with van der Waals surface area (Å²) in [5.74, 6) is 0.878. The molecule has 0 spiro atoms. The maximum atomic E-state index is 12.6. The van der Waals surface area contributed by atoms with Crippen LogP contribution in [0.5, 0.6) is 0 Å². The lowest BCUT2D eigenvalue weighted by atomic mass is 9.86. The third-order valence-corrected chi connectivity index (χ3v) is 3.90. The lowest BCUT2D eigenvalue weighted by Crippen LogP contribution is -2.18. The van der Waals surface area contributed by atoms with Crippen LogP contribution in [0, 0.1) is 6.92 Å². The van der Waals surface area contributed by atoms with Crippen molar-refractivity contribution in [2.45, 2.75) is 33.1 Å². The second kappa shape index (κ2) is 6.51. The van der Waals surface area contributed by atoms with E-state index in [0.717, 1.165) is 16.8 Å². The number of carbonyl (C=O) groups excluding carboxylic acids is 1. The van der Waals surface area contributed by atoms with E-state index in [4.69, 9.17) is 4.52 Å². The molecular formula is C20H21N3O2. The summed E-state index contributed by atoms with van der Waals surface area (Å²) in [5, 5.41) is 6.78. The Morgan fingerprint density at radius 3 is 2.32 bits per heavy atom. The van der Waals surface area contributed by atoms with E-state index in [1.807, 2.05) is 24.3 Å². The number of anilines is 1. The fraction of sp³-hybridized carbons (Fsp3) is 0.250. The Labute approximate surface area is 147 Å². The van der Waals surface area contributed by atoms with Gasteiger partial charge >= 0.3 is 0 Å². The first kappa shape index (κ1) is 16.9. The molecule has 0 fully saturated rings. The van der Waals surface area contributed by atoms with E-state index in [1.54, 1.807) is 31.2 Å². The quantitative estimate of drug-likeness (QED) is 0.760. The van der Waals surface area contributed by atoms with Crippen molar-refractivity contribution in [1.29, 1.82) is 0 Å². The molecule has 0 atom stereocenters. The second-order valence-corrected chi connectivity index (χ2v) is 6.97. The summed E-state index contributed by atoms with van der Waals surface area (Å²) in [4.78, 5) is 16.8. The fourth-order valence-corrected chi connectivity index (χ4v) is 2.62. The molecule has 5 nitrogen and oxygen atoms in total. The SMILES string of the molecule is Cc1noc(-c2ccc(C(=O)Nc3ccccc3C(C)(C)C)cc2)n1. The molecule has 0 saturated heterocycles. The van der Waals surface area contributed by atoms with Gasteiger partial charge in [0.05, 0.1) is 0 Å². The van der Waals surface area contributed by atoms with Gasteiger partial charge in [-0.15, -0.1) is 0 Å². The predicted octanol–water partition coefficient (Wildman–Crippen LogP) is 4.59. The van der Waals surface area contributed by atoms with Crippen LogP contribution in [0.25, 0.3) is 11.5 Å². The minimum Gasteiger partial charge on any atom is -0.334 e. The zero-order valence-electron chi connectivity index (χ0n) is 14.8. The van der Waals surface area contributed by atoms with Crippen molar-refractivity contribution in [3.05, 3.63) is 65.5 Å². The van der Waals surface area contributed by atoms with Crippen LogP contribution in [0.3, 0.4) is 0 Å². The van der Waals surface area contributed by atoms with Crippen LogP contribution in [0.4, 0.5) is 5.69 Å². The monoisotopic (exact) mass is 335 g/mol. The van der Waals surface area contributed by atoms with Crippen molar-refractivity contribution in [2.24, 2.45) is 0 Å². The molecule has 0 saturated carbocycles. The van der Waals surface area contributed by atoms with Crippen molar-refractivity contribution in [1.82, 2.24) is 10.1 Å². The number of nitrogens with one attached hydrogen (secondary N) is 1. The van der Waals surface area contributed by atoms with Crippen molar-refractivity contribution >= 4 is 11.6 Å². The van der Waals surface area contributed by atoms with Gasteiger partial charge in [-0.3, -0.25) is 4.79 Å². The van der Waals surface area contributed by atoms with Crippen LogP contribution < -0.4 is 5.32 Å². The second-order valence-electron chi connectivity index (χ2n) is 6.97. The molecule has 0 radical (unpaired) electrons. The van der Waals surface area contributed by atoms with Gasteiger partial charge in [0.2, 0.25) is 0 Å². The van der Waals surface area contributed by atoms with E-state index < -0.39 is 0 Å². The average Bonchev–Trinajstić information content (AvgIpc) is 3.01. The number of carbonyl (C=O) groups is 1. The highest BCUT2D eigenvalue weighted by Gasteiger charge is 2.19. The number of aromatic nitrogens is 2. The van der Waals surface area contributed by atoms with Crippen molar-refractivity contribution in [3.63, 3.8) is 0 Å². The molecule has 2 aromatic carbocycles. The summed E-state index contributed by atoms with van der Waals surface area (Å²) in [6, 6.07) is 15.0. The Morgan fingerprint density at radius 1 is 1.04 bits per heavy atom. The van der Waals surface area contributed by atoms with Crippen LogP contribution in [0.15, 0.2) is 53.1 Å². The molecule has 5 heteroatoms. The Bertz CT molecular complexity index is 890. The number of aryl methyl sites for hydroxylation is 1. The molecule has 0 bridgehead atoms. The predicted molar refractivity (Wildman–Crippen MR) is 97.6 cm³/mol. The largest absolute Gasteiger partial charge is 0.334 e. The minimum atomic E-state index is -0.148. The van der Waals surface area contributed by atoms with E-state index in [9.17, 15) is 4.79 Å². The Kier molecular flexibility index (Phi) is 4.40. The van der Waals surface area contributed by atoms with Crippen molar-refractivity contribution in [2.75, 3.05) is 5.32 Å². The van der Waals surface area contributed by atoms with Gasteiger partial charge in [-0.1, -0.05) is 44.1 Å². The molecule has 3 aromatic rings. The van der Waals surface area contributed by atoms with E-state index in [0.29, 0.717) is 17.3 Å². The number of hydrogen-bond acceptors (Lipinski definition) is 4. The number of nitrogens with zero attached hydrogens (tertiary/aromatic N) is 2.